The molecule has 2 aromatic carbocycles. The van der Waals surface area contributed by atoms with Crippen molar-refractivity contribution in [1.82, 2.24) is 0 Å². The highest BCUT2D eigenvalue weighted by Crippen LogP contribution is 2.37. The van der Waals surface area contributed by atoms with E-state index in [1.165, 1.54) is 36.4 Å². The number of hydrogen-bond donors (Lipinski definition) is 0. The summed E-state index contributed by atoms with van der Waals surface area (Å²) in [6.07, 6.45) is -5.28. The molecule has 3 nitrogen and oxygen atoms in total. The average molecular weight is 480 g/mol. The van der Waals surface area contributed by atoms with Crippen molar-refractivity contribution < 1.29 is 26.4 Å². The van der Waals surface area contributed by atoms with E-state index in [9.17, 15) is 26.4 Å². The summed E-state index contributed by atoms with van der Waals surface area (Å²) in [5, 5.41) is -1.39. The topological polar surface area (TPSA) is 51.2 Å². The number of Topliss-reactive ketones (excluding diaryl/α,β-unsaturated/α-hetero) is 1. The summed E-state index contributed by atoms with van der Waals surface area (Å²) in [4.78, 5) is 11.3. The van der Waals surface area contributed by atoms with Gasteiger partial charge in [0, 0.05) is 0 Å². The number of carbonyl (C=O) groups is 1. The Morgan fingerprint density at radius 2 is 1.26 bits per heavy atom. The molecule has 27 heavy (non-hydrogen) atoms. The molecule has 0 aliphatic rings. The zero-order valence-corrected chi connectivity index (χ0v) is 16.9. The van der Waals surface area contributed by atoms with Crippen LogP contribution < -0.4 is 0 Å². The van der Waals surface area contributed by atoms with Crippen LogP contribution in [0.3, 0.4) is 0 Å². The first-order valence-electron chi connectivity index (χ1n) is 7.04. The number of sulfone groups is 1. The van der Waals surface area contributed by atoms with Gasteiger partial charge in [-0.25, -0.2) is 8.42 Å². The van der Waals surface area contributed by atoms with Crippen molar-refractivity contribution in [3.8, 4) is 0 Å². The summed E-state index contributed by atoms with van der Waals surface area (Å²) in [6, 6.07) is 7.57. The molecule has 0 unspecified atom stereocenters. The molecule has 0 aliphatic carbocycles. The first-order chi connectivity index (χ1) is 12.3. The molecule has 0 amide bonds. The maximum Gasteiger partial charge on any atom is 0.451 e. The molecule has 2 aromatic rings. The average Bonchev–Trinajstić information content (AvgIpc) is 2.53. The number of ketones is 1. The lowest BCUT2D eigenvalue weighted by atomic mass is 10.0. The van der Waals surface area contributed by atoms with Gasteiger partial charge in [-0.2, -0.15) is 13.2 Å². The molecule has 0 heterocycles. The Morgan fingerprint density at radius 1 is 0.852 bits per heavy atom. The van der Waals surface area contributed by atoms with Crippen LogP contribution in [0.25, 0.3) is 0 Å². The van der Waals surface area contributed by atoms with E-state index in [-0.39, 0.29) is 31.2 Å². The molecule has 0 saturated carbocycles. The van der Waals surface area contributed by atoms with Crippen molar-refractivity contribution in [2.75, 3.05) is 5.75 Å². The molecule has 0 saturated heterocycles. The minimum Gasteiger partial charge on any atom is -0.288 e. The van der Waals surface area contributed by atoms with Gasteiger partial charge in [-0.3, -0.25) is 4.79 Å². The van der Waals surface area contributed by atoms with E-state index in [1.807, 2.05) is 0 Å². The SMILES string of the molecule is O=C(CS(=O)(=O)C(c1ccc(Cl)c(Cl)c1)c1ccc(Cl)c(Cl)c1)C(F)(F)F. The fourth-order valence-electron chi connectivity index (χ4n) is 2.31. The predicted octanol–water partition coefficient (Wildman–Crippen LogP) is 5.94. The summed E-state index contributed by atoms with van der Waals surface area (Å²) >= 11 is 23.4. The van der Waals surface area contributed by atoms with Crippen LogP contribution in [0.2, 0.25) is 20.1 Å². The van der Waals surface area contributed by atoms with Gasteiger partial charge in [0.15, 0.2) is 9.84 Å². The van der Waals surface area contributed by atoms with Crippen molar-refractivity contribution in [3.05, 3.63) is 67.6 Å². The molecule has 0 aromatic heterocycles. The second kappa shape index (κ2) is 8.17. The number of carbonyl (C=O) groups excluding carboxylic acids is 1. The summed E-state index contributed by atoms with van der Waals surface area (Å²) < 4.78 is 63.2. The Morgan fingerprint density at radius 3 is 1.59 bits per heavy atom. The van der Waals surface area contributed by atoms with E-state index >= 15 is 0 Å². The molecule has 0 N–H and O–H groups in total. The van der Waals surface area contributed by atoms with Gasteiger partial charge in [-0.15, -0.1) is 0 Å². The third-order valence-electron chi connectivity index (χ3n) is 3.50. The second-order valence-corrected chi connectivity index (χ2v) is 9.17. The molecule has 0 radical (unpaired) electrons. The normalized spacial score (nSPS) is 12.4. The lowest BCUT2D eigenvalue weighted by molar-refractivity contribution is -0.168. The van der Waals surface area contributed by atoms with Crippen LogP contribution in [-0.2, 0) is 14.6 Å². The Hall–Kier alpha value is -0.990. The number of hydrogen-bond acceptors (Lipinski definition) is 3. The van der Waals surface area contributed by atoms with Crippen molar-refractivity contribution in [2.24, 2.45) is 0 Å². The summed E-state index contributed by atoms with van der Waals surface area (Å²) in [5.41, 5.74) is 0.0514. The highest BCUT2D eigenvalue weighted by Gasteiger charge is 2.43. The van der Waals surface area contributed by atoms with E-state index < -0.39 is 32.8 Å². The van der Waals surface area contributed by atoms with Crippen molar-refractivity contribution in [3.63, 3.8) is 0 Å². The summed E-state index contributed by atoms with van der Waals surface area (Å²) in [7, 11) is -4.64. The monoisotopic (exact) mass is 478 g/mol. The lowest BCUT2D eigenvalue weighted by Crippen LogP contribution is -2.32. The second-order valence-electron chi connectivity index (χ2n) is 5.46. The fourth-order valence-corrected chi connectivity index (χ4v) is 4.74. The maximum absolute atomic E-state index is 12.7. The Labute approximate surface area is 172 Å². The summed E-state index contributed by atoms with van der Waals surface area (Å²) in [6.45, 7) is 0. The van der Waals surface area contributed by atoms with Gasteiger partial charge in [0.1, 0.15) is 11.0 Å². The molecule has 0 fully saturated rings. The number of halogens is 7. The molecule has 146 valence electrons. The Kier molecular flexibility index (Phi) is 6.75. The third-order valence-corrected chi connectivity index (χ3v) is 6.91. The summed E-state index contributed by atoms with van der Waals surface area (Å²) in [5.74, 6) is -4.12. The number of rotatable bonds is 5. The van der Waals surface area contributed by atoms with Crippen molar-refractivity contribution in [1.29, 1.82) is 0 Å². The molecular formula is C16H9Cl4F3O3S. The molecule has 0 atom stereocenters. The van der Waals surface area contributed by atoms with Crippen LogP contribution in [0.1, 0.15) is 16.4 Å². The molecule has 0 aliphatic heterocycles. The van der Waals surface area contributed by atoms with Gasteiger partial charge < -0.3 is 0 Å². The first kappa shape index (κ1) is 22.3. The third kappa shape index (κ3) is 5.29. The largest absolute Gasteiger partial charge is 0.451 e. The zero-order valence-electron chi connectivity index (χ0n) is 13.0. The minimum atomic E-state index is -5.28. The highest BCUT2D eigenvalue weighted by atomic mass is 35.5. The molecule has 0 spiro atoms. The molecular weight excluding hydrogens is 471 g/mol. The van der Waals surface area contributed by atoms with Crippen LogP contribution in [0.5, 0.6) is 0 Å². The van der Waals surface area contributed by atoms with Crippen LogP contribution in [0, 0.1) is 0 Å². The lowest BCUT2D eigenvalue weighted by Gasteiger charge is -2.20. The highest BCUT2D eigenvalue weighted by molar-refractivity contribution is 7.92. The number of benzene rings is 2. The molecule has 0 bridgehead atoms. The molecule has 11 heteroatoms. The van der Waals surface area contributed by atoms with E-state index in [1.54, 1.807) is 0 Å². The van der Waals surface area contributed by atoms with Gasteiger partial charge in [-0.05, 0) is 35.4 Å². The smallest absolute Gasteiger partial charge is 0.288 e. The maximum atomic E-state index is 12.7. The predicted molar refractivity (Wildman–Crippen MR) is 99.6 cm³/mol. The van der Waals surface area contributed by atoms with Gasteiger partial charge in [0.25, 0.3) is 5.78 Å². The quantitative estimate of drug-likeness (QED) is 0.533. The van der Waals surface area contributed by atoms with Gasteiger partial charge in [0.05, 0.1) is 20.1 Å². The minimum absolute atomic E-state index is 0.00317. The van der Waals surface area contributed by atoms with Gasteiger partial charge >= 0.3 is 6.18 Å². The van der Waals surface area contributed by atoms with E-state index in [4.69, 9.17) is 46.4 Å². The molecule has 2 rings (SSSR count). The van der Waals surface area contributed by atoms with Crippen molar-refractivity contribution >= 4 is 62.0 Å². The zero-order chi connectivity index (χ0) is 20.6. The van der Waals surface area contributed by atoms with Crippen LogP contribution in [0.15, 0.2) is 36.4 Å². The first-order valence-corrected chi connectivity index (χ1v) is 10.3. The fraction of sp³-hybridized carbons (Fsp3) is 0.188. The van der Waals surface area contributed by atoms with Gasteiger partial charge in [-0.1, -0.05) is 58.5 Å². The van der Waals surface area contributed by atoms with E-state index in [0.29, 0.717) is 0 Å². The standard InChI is InChI=1S/C16H9Cl4F3O3S/c17-10-3-1-8(5-12(10)19)15(9-2-4-11(18)13(20)6-9)27(25,26)7-14(24)16(21,22)23/h1-6,15H,7H2. The van der Waals surface area contributed by atoms with Crippen molar-refractivity contribution in [2.45, 2.75) is 11.4 Å². The van der Waals surface area contributed by atoms with E-state index in [2.05, 4.69) is 0 Å². The van der Waals surface area contributed by atoms with Crippen LogP contribution in [-0.4, -0.2) is 26.1 Å². The Balaban J connectivity index is 2.63. The van der Waals surface area contributed by atoms with Crippen LogP contribution >= 0.6 is 46.4 Å². The van der Waals surface area contributed by atoms with Gasteiger partial charge in [0.2, 0.25) is 0 Å². The number of alkyl halides is 3. The van der Waals surface area contributed by atoms with E-state index in [0.717, 1.165) is 0 Å². The Bertz CT molecular complexity index is 939. The van der Waals surface area contributed by atoms with Crippen LogP contribution in [0.4, 0.5) is 13.2 Å².